The van der Waals surface area contributed by atoms with Gasteiger partial charge in [-0.3, -0.25) is 4.99 Å². The second-order valence-electron chi connectivity index (χ2n) is 7.22. The highest BCUT2D eigenvalue weighted by molar-refractivity contribution is 9.10. The number of benzene rings is 1. The van der Waals surface area contributed by atoms with E-state index in [2.05, 4.69) is 64.3 Å². The van der Waals surface area contributed by atoms with Crippen LogP contribution in [0.2, 0.25) is 0 Å². The summed E-state index contributed by atoms with van der Waals surface area (Å²) in [5.74, 6) is 1.70. The summed E-state index contributed by atoms with van der Waals surface area (Å²) in [7, 11) is 0. The van der Waals surface area contributed by atoms with Crippen molar-refractivity contribution >= 4 is 21.9 Å². The van der Waals surface area contributed by atoms with Crippen LogP contribution in [0.5, 0.6) is 0 Å². The highest BCUT2D eigenvalue weighted by Crippen LogP contribution is 2.48. The van der Waals surface area contributed by atoms with E-state index in [0.29, 0.717) is 5.92 Å². The van der Waals surface area contributed by atoms with Crippen molar-refractivity contribution in [3.05, 3.63) is 34.3 Å². The van der Waals surface area contributed by atoms with Crippen LogP contribution in [0, 0.1) is 5.92 Å². The monoisotopic (exact) mass is 407 g/mol. The van der Waals surface area contributed by atoms with Crippen LogP contribution in [0.3, 0.4) is 0 Å². The van der Waals surface area contributed by atoms with Gasteiger partial charge in [-0.25, -0.2) is 0 Å². The number of guanidine groups is 1. The zero-order chi connectivity index (χ0) is 17.7. The zero-order valence-electron chi connectivity index (χ0n) is 15.4. The van der Waals surface area contributed by atoms with Gasteiger partial charge in [-0.2, -0.15) is 0 Å². The van der Waals surface area contributed by atoms with Crippen LogP contribution in [0.4, 0.5) is 0 Å². The van der Waals surface area contributed by atoms with Crippen LogP contribution in [0.25, 0.3) is 0 Å². The molecule has 5 heteroatoms. The van der Waals surface area contributed by atoms with Crippen LogP contribution in [-0.2, 0) is 10.2 Å². The number of ether oxygens (including phenoxy) is 1. The topological polar surface area (TPSA) is 36.9 Å². The van der Waals surface area contributed by atoms with Crippen molar-refractivity contribution in [3.63, 3.8) is 0 Å². The van der Waals surface area contributed by atoms with Crippen LogP contribution in [0.15, 0.2) is 33.7 Å². The van der Waals surface area contributed by atoms with E-state index in [-0.39, 0.29) is 5.41 Å². The molecule has 0 radical (unpaired) electrons. The number of rotatable bonds is 7. The van der Waals surface area contributed by atoms with Gasteiger partial charge in [0.1, 0.15) is 0 Å². The van der Waals surface area contributed by atoms with Crippen molar-refractivity contribution in [3.8, 4) is 0 Å². The molecular weight excluding hydrogens is 378 g/mol. The van der Waals surface area contributed by atoms with Crippen LogP contribution in [0.1, 0.15) is 38.7 Å². The molecule has 1 N–H and O–H groups in total. The normalized spacial score (nSPS) is 22.3. The quantitative estimate of drug-likeness (QED) is 0.551. The number of likely N-dealkylation sites (tertiary alicyclic amines) is 1. The molecule has 2 aliphatic rings. The second-order valence-corrected chi connectivity index (χ2v) is 8.14. The fourth-order valence-corrected chi connectivity index (χ4v) is 4.00. The lowest BCUT2D eigenvalue weighted by atomic mass is 9.96. The Kier molecular flexibility index (Phi) is 6.39. The van der Waals surface area contributed by atoms with Gasteiger partial charge in [0.05, 0.1) is 13.2 Å². The fourth-order valence-electron chi connectivity index (χ4n) is 3.60. The molecule has 25 heavy (non-hydrogen) atoms. The number of hydrogen-bond donors (Lipinski definition) is 1. The van der Waals surface area contributed by atoms with Crippen molar-refractivity contribution in [2.24, 2.45) is 10.9 Å². The molecular formula is C20H30BrN3O. The maximum atomic E-state index is 5.61. The van der Waals surface area contributed by atoms with E-state index >= 15 is 0 Å². The van der Waals surface area contributed by atoms with E-state index in [1.54, 1.807) is 0 Å². The molecule has 3 rings (SSSR count). The predicted molar refractivity (Wildman–Crippen MR) is 107 cm³/mol. The van der Waals surface area contributed by atoms with Gasteiger partial charge in [0.2, 0.25) is 0 Å². The molecule has 1 atom stereocenters. The SMILES string of the molecule is CCNC(=NCC1(c2cccc(Br)c2)CC1)N1CCC(COCC)C1. The summed E-state index contributed by atoms with van der Waals surface area (Å²) in [5.41, 5.74) is 1.66. The van der Waals surface area contributed by atoms with E-state index < -0.39 is 0 Å². The third-order valence-electron chi connectivity index (χ3n) is 5.30. The van der Waals surface area contributed by atoms with E-state index in [9.17, 15) is 0 Å². The first-order chi connectivity index (χ1) is 12.2. The van der Waals surface area contributed by atoms with Crippen LogP contribution >= 0.6 is 15.9 Å². The Hall–Kier alpha value is -1.07. The van der Waals surface area contributed by atoms with E-state index in [0.717, 1.165) is 49.8 Å². The molecule has 138 valence electrons. The summed E-state index contributed by atoms with van der Waals surface area (Å²) in [6.45, 7) is 9.80. The van der Waals surface area contributed by atoms with Crippen molar-refractivity contribution in [2.45, 2.75) is 38.5 Å². The van der Waals surface area contributed by atoms with E-state index in [1.165, 1.54) is 24.8 Å². The smallest absolute Gasteiger partial charge is 0.193 e. The first-order valence-electron chi connectivity index (χ1n) is 9.54. The Morgan fingerprint density at radius 2 is 2.24 bits per heavy atom. The van der Waals surface area contributed by atoms with Crippen molar-refractivity contribution in [2.75, 3.05) is 39.4 Å². The molecule has 2 fully saturated rings. The minimum atomic E-state index is 0.245. The highest BCUT2D eigenvalue weighted by Gasteiger charge is 2.44. The van der Waals surface area contributed by atoms with Gasteiger partial charge in [-0.1, -0.05) is 28.1 Å². The molecule has 4 nitrogen and oxygen atoms in total. The lowest BCUT2D eigenvalue weighted by Crippen LogP contribution is -2.40. The van der Waals surface area contributed by atoms with Gasteiger partial charge in [0, 0.05) is 42.0 Å². The molecule has 1 aromatic carbocycles. The molecule has 0 bridgehead atoms. The minimum absolute atomic E-state index is 0.245. The fraction of sp³-hybridized carbons (Fsp3) is 0.650. The largest absolute Gasteiger partial charge is 0.381 e. The Morgan fingerprint density at radius 3 is 2.92 bits per heavy atom. The van der Waals surface area contributed by atoms with E-state index in [4.69, 9.17) is 9.73 Å². The Bertz CT molecular complexity index is 600. The van der Waals surface area contributed by atoms with E-state index in [1.807, 2.05) is 0 Å². The van der Waals surface area contributed by atoms with Crippen LogP contribution < -0.4 is 5.32 Å². The molecule has 0 spiro atoms. The molecule has 1 aromatic rings. The number of nitrogens with zero attached hydrogens (tertiary/aromatic N) is 2. The van der Waals surface area contributed by atoms with Gasteiger partial charge < -0.3 is 15.0 Å². The molecule has 1 heterocycles. The second kappa shape index (κ2) is 8.54. The molecule has 0 amide bonds. The van der Waals surface area contributed by atoms with Crippen molar-refractivity contribution < 1.29 is 4.74 Å². The lowest BCUT2D eigenvalue weighted by molar-refractivity contribution is 0.114. The Labute approximate surface area is 160 Å². The van der Waals surface area contributed by atoms with Gasteiger partial charge >= 0.3 is 0 Å². The van der Waals surface area contributed by atoms with Crippen molar-refractivity contribution in [1.29, 1.82) is 0 Å². The predicted octanol–water partition coefficient (Wildman–Crippen LogP) is 3.80. The summed E-state index contributed by atoms with van der Waals surface area (Å²) in [5, 5.41) is 3.49. The number of halogens is 1. The maximum absolute atomic E-state index is 5.61. The van der Waals surface area contributed by atoms with Gasteiger partial charge in [0.25, 0.3) is 0 Å². The third kappa shape index (κ3) is 4.76. The molecule has 1 saturated heterocycles. The third-order valence-corrected chi connectivity index (χ3v) is 5.79. The van der Waals surface area contributed by atoms with Crippen molar-refractivity contribution in [1.82, 2.24) is 10.2 Å². The van der Waals surface area contributed by atoms with Gasteiger partial charge in [0.15, 0.2) is 5.96 Å². The maximum Gasteiger partial charge on any atom is 0.193 e. The summed E-state index contributed by atoms with van der Waals surface area (Å²) >= 11 is 3.60. The molecule has 1 saturated carbocycles. The lowest BCUT2D eigenvalue weighted by Gasteiger charge is -2.23. The molecule has 1 aliphatic heterocycles. The summed E-state index contributed by atoms with van der Waals surface area (Å²) in [4.78, 5) is 7.43. The first-order valence-corrected chi connectivity index (χ1v) is 10.3. The summed E-state index contributed by atoms with van der Waals surface area (Å²) in [6, 6.07) is 8.72. The average Bonchev–Trinajstić information content (AvgIpc) is 3.27. The molecule has 0 aromatic heterocycles. The zero-order valence-corrected chi connectivity index (χ0v) is 17.0. The molecule has 1 aliphatic carbocycles. The summed E-state index contributed by atoms with van der Waals surface area (Å²) < 4.78 is 6.77. The Morgan fingerprint density at radius 1 is 1.40 bits per heavy atom. The standard InChI is InChI=1S/C20H30BrN3O/c1-3-22-19(24-11-8-16(13-24)14-25-4-2)23-15-20(9-10-20)17-6-5-7-18(21)12-17/h5-7,12,16H,3-4,8-11,13-15H2,1-2H3,(H,22,23). The number of nitrogens with one attached hydrogen (secondary N) is 1. The average molecular weight is 408 g/mol. The number of aliphatic imine (C=N–C) groups is 1. The summed E-state index contributed by atoms with van der Waals surface area (Å²) in [6.07, 6.45) is 3.67. The van der Waals surface area contributed by atoms with Crippen LogP contribution in [-0.4, -0.2) is 50.3 Å². The minimum Gasteiger partial charge on any atom is -0.381 e. The number of hydrogen-bond acceptors (Lipinski definition) is 2. The molecule has 1 unspecified atom stereocenters. The van der Waals surface area contributed by atoms with Gasteiger partial charge in [-0.15, -0.1) is 0 Å². The Balaban J connectivity index is 1.65. The highest BCUT2D eigenvalue weighted by atomic mass is 79.9. The first kappa shape index (κ1) is 18.7. The van der Waals surface area contributed by atoms with Gasteiger partial charge in [-0.05, 0) is 50.8 Å².